The quantitative estimate of drug-likeness (QED) is 0.176. The Balaban J connectivity index is 1.46. The van der Waals surface area contributed by atoms with E-state index < -0.39 is 21.1 Å². The lowest BCUT2D eigenvalue weighted by atomic mass is 10.0. The van der Waals surface area contributed by atoms with E-state index in [9.17, 15) is 13.2 Å². The zero-order chi connectivity index (χ0) is 29.0. The van der Waals surface area contributed by atoms with Gasteiger partial charge in [0.15, 0.2) is 15.7 Å². The minimum absolute atomic E-state index is 0.216. The molecule has 1 saturated heterocycles. The highest BCUT2D eigenvalue weighted by Crippen LogP contribution is 2.30. The molecule has 2 aromatic rings. The summed E-state index contributed by atoms with van der Waals surface area (Å²) in [6.07, 6.45) is 12.9. The third kappa shape index (κ3) is 10.2. The molecule has 2 heterocycles. The Labute approximate surface area is 244 Å². The van der Waals surface area contributed by atoms with E-state index in [0.717, 1.165) is 51.7 Å². The summed E-state index contributed by atoms with van der Waals surface area (Å²) in [5, 5.41) is 15.0. The Morgan fingerprint density at radius 1 is 1.10 bits per heavy atom. The number of aliphatic carboxylic acids is 1. The van der Waals surface area contributed by atoms with Crippen molar-refractivity contribution in [3.63, 3.8) is 0 Å². The van der Waals surface area contributed by atoms with Crippen molar-refractivity contribution >= 4 is 44.9 Å². The van der Waals surface area contributed by atoms with Crippen LogP contribution in [-0.2, 0) is 14.6 Å². The topological polar surface area (TPSA) is 125 Å². The predicted octanol–water partition coefficient (Wildman–Crippen LogP) is 6.53. The molecule has 0 unspecified atom stereocenters. The van der Waals surface area contributed by atoms with Gasteiger partial charge in [0, 0.05) is 19.0 Å². The van der Waals surface area contributed by atoms with Crippen molar-refractivity contribution in [3.8, 4) is 0 Å². The highest BCUT2D eigenvalue weighted by molar-refractivity contribution is 7.92. The van der Waals surface area contributed by atoms with Gasteiger partial charge in [-0.2, -0.15) is 4.98 Å². The highest BCUT2D eigenvalue weighted by Gasteiger charge is 2.24. The van der Waals surface area contributed by atoms with Crippen molar-refractivity contribution in [2.45, 2.75) is 101 Å². The van der Waals surface area contributed by atoms with Crippen LogP contribution in [0.25, 0.3) is 0 Å². The van der Waals surface area contributed by atoms with Gasteiger partial charge in [-0.05, 0) is 64.8 Å². The number of hydrogen-bond acceptors (Lipinski definition) is 8. The van der Waals surface area contributed by atoms with Crippen LogP contribution in [0.15, 0.2) is 35.4 Å². The number of halogens is 1. The number of sulfone groups is 1. The fraction of sp³-hybridized carbons (Fsp3) is 0.621. The van der Waals surface area contributed by atoms with Crippen molar-refractivity contribution in [1.29, 1.82) is 0 Å². The Kier molecular flexibility index (Phi) is 12.9. The van der Waals surface area contributed by atoms with Gasteiger partial charge >= 0.3 is 5.97 Å². The SMILES string of the molecule is CC(C)S(=O)(=O)c1ccccc1Nc1nc(N[C@@H]2CCCN(CCCCCCCCCCC(=O)O)C2)ncc1Cl. The van der Waals surface area contributed by atoms with Gasteiger partial charge in [0.2, 0.25) is 5.95 Å². The van der Waals surface area contributed by atoms with Crippen LogP contribution in [0.5, 0.6) is 0 Å². The Morgan fingerprint density at radius 3 is 2.48 bits per heavy atom. The molecule has 1 fully saturated rings. The van der Waals surface area contributed by atoms with E-state index in [1.165, 1.54) is 38.3 Å². The maximum absolute atomic E-state index is 12.8. The molecule has 40 heavy (non-hydrogen) atoms. The zero-order valence-corrected chi connectivity index (χ0v) is 25.3. The third-order valence-corrected chi connectivity index (χ3v) is 9.75. The monoisotopic (exact) mass is 593 g/mol. The van der Waals surface area contributed by atoms with Gasteiger partial charge in [-0.15, -0.1) is 0 Å². The summed E-state index contributed by atoms with van der Waals surface area (Å²) >= 11 is 6.38. The average Bonchev–Trinajstić information content (AvgIpc) is 2.92. The molecule has 1 aliphatic rings. The molecule has 222 valence electrons. The molecule has 3 rings (SSSR count). The van der Waals surface area contributed by atoms with Crippen LogP contribution in [-0.4, -0.2) is 65.3 Å². The van der Waals surface area contributed by atoms with Crippen molar-refractivity contribution in [2.75, 3.05) is 30.3 Å². The van der Waals surface area contributed by atoms with E-state index in [-0.39, 0.29) is 17.4 Å². The Morgan fingerprint density at radius 2 is 1.77 bits per heavy atom. The molecule has 9 nitrogen and oxygen atoms in total. The number of piperidine rings is 1. The first-order valence-corrected chi connectivity index (χ1v) is 16.4. The summed E-state index contributed by atoms with van der Waals surface area (Å²) in [7, 11) is -3.49. The van der Waals surface area contributed by atoms with E-state index in [1.54, 1.807) is 38.1 Å². The van der Waals surface area contributed by atoms with Crippen LogP contribution in [0.2, 0.25) is 5.02 Å². The molecule has 3 N–H and O–H groups in total. The average molecular weight is 594 g/mol. The molecular weight excluding hydrogens is 550 g/mol. The fourth-order valence-corrected chi connectivity index (χ4v) is 6.30. The van der Waals surface area contributed by atoms with Crippen molar-refractivity contribution in [1.82, 2.24) is 14.9 Å². The summed E-state index contributed by atoms with van der Waals surface area (Å²) < 4.78 is 25.7. The minimum atomic E-state index is -3.49. The molecule has 0 aliphatic carbocycles. The normalized spacial score (nSPS) is 16.2. The van der Waals surface area contributed by atoms with Crippen LogP contribution in [0, 0.1) is 0 Å². The first-order chi connectivity index (χ1) is 19.2. The van der Waals surface area contributed by atoms with E-state index in [0.29, 0.717) is 22.5 Å². The lowest BCUT2D eigenvalue weighted by molar-refractivity contribution is -0.137. The molecule has 1 atom stereocenters. The van der Waals surface area contributed by atoms with E-state index in [2.05, 4.69) is 25.5 Å². The van der Waals surface area contributed by atoms with E-state index >= 15 is 0 Å². The number of hydrogen-bond donors (Lipinski definition) is 3. The second kappa shape index (κ2) is 16.1. The molecular formula is C29H44ClN5O4S. The van der Waals surface area contributed by atoms with Gasteiger partial charge in [-0.25, -0.2) is 13.4 Å². The van der Waals surface area contributed by atoms with Crippen molar-refractivity contribution in [2.24, 2.45) is 0 Å². The molecule has 1 aromatic heterocycles. The molecule has 0 amide bonds. The third-order valence-electron chi connectivity index (χ3n) is 7.27. The number of likely N-dealkylation sites (tertiary alicyclic amines) is 1. The predicted molar refractivity (Wildman–Crippen MR) is 161 cm³/mol. The number of benzene rings is 1. The summed E-state index contributed by atoms with van der Waals surface area (Å²) in [5.41, 5.74) is 0.435. The molecule has 11 heteroatoms. The standard InChI is InChI=1S/C29H44ClN5O4S/c1-22(2)40(38,39)26-16-11-10-15-25(26)33-28-24(30)20-31-29(34-28)32-23-14-13-19-35(21-23)18-12-8-6-4-3-5-7-9-17-27(36)37/h10-11,15-16,20,22-23H,3-9,12-14,17-19,21H2,1-2H3,(H,36,37)(H2,31,32,33,34)/t23-/m1/s1. The zero-order valence-electron chi connectivity index (χ0n) is 23.7. The number of carboxylic acid groups (broad SMARTS) is 1. The molecule has 0 bridgehead atoms. The maximum atomic E-state index is 12.8. The number of aromatic nitrogens is 2. The smallest absolute Gasteiger partial charge is 0.303 e. The number of carbonyl (C=O) groups is 1. The number of nitrogens with one attached hydrogen (secondary N) is 2. The number of para-hydroxylation sites is 1. The second-order valence-electron chi connectivity index (χ2n) is 10.9. The summed E-state index contributed by atoms with van der Waals surface area (Å²) in [4.78, 5) is 22.2. The van der Waals surface area contributed by atoms with Crippen LogP contribution >= 0.6 is 11.6 Å². The van der Waals surface area contributed by atoms with Gasteiger partial charge in [0.1, 0.15) is 5.02 Å². The number of anilines is 3. The van der Waals surface area contributed by atoms with Crippen molar-refractivity contribution in [3.05, 3.63) is 35.5 Å². The number of unbranched alkanes of at least 4 members (excludes halogenated alkanes) is 7. The van der Waals surface area contributed by atoms with Crippen molar-refractivity contribution < 1.29 is 18.3 Å². The Hall–Kier alpha value is -2.43. The Bertz CT molecular complexity index is 1190. The molecule has 0 spiro atoms. The van der Waals surface area contributed by atoms with Gasteiger partial charge in [0.05, 0.1) is 22.0 Å². The molecule has 0 radical (unpaired) electrons. The summed E-state index contributed by atoms with van der Waals surface area (Å²) in [6.45, 7) is 6.42. The van der Waals surface area contributed by atoms with E-state index in [4.69, 9.17) is 16.7 Å². The highest BCUT2D eigenvalue weighted by atomic mass is 35.5. The van der Waals surface area contributed by atoms with Crippen LogP contribution in [0.4, 0.5) is 17.5 Å². The largest absolute Gasteiger partial charge is 0.481 e. The van der Waals surface area contributed by atoms with Crippen LogP contribution in [0.3, 0.4) is 0 Å². The van der Waals surface area contributed by atoms with Gasteiger partial charge in [-0.3, -0.25) is 4.79 Å². The lowest BCUT2D eigenvalue weighted by Crippen LogP contribution is -2.42. The maximum Gasteiger partial charge on any atom is 0.303 e. The molecule has 1 aromatic carbocycles. The summed E-state index contributed by atoms with van der Waals surface area (Å²) in [5.74, 6) is 0.127. The summed E-state index contributed by atoms with van der Waals surface area (Å²) in [6, 6.07) is 7.01. The van der Waals surface area contributed by atoms with Gasteiger partial charge in [-0.1, -0.05) is 62.3 Å². The number of nitrogens with zero attached hydrogens (tertiary/aromatic N) is 3. The first-order valence-electron chi connectivity index (χ1n) is 14.5. The van der Waals surface area contributed by atoms with Crippen LogP contribution in [0.1, 0.15) is 84.5 Å². The lowest BCUT2D eigenvalue weighted by Gasteiger charge is -2.33. The first kappa shape index (κ1) is 32.1. The van der Waals surface area contributed by atoms with Gasteiger partial charge in [0.25, 0.3) is 0 Å². The molecule has 1 aliphatic heterocycles. The fourth-order valence-electron chi connectivity index (χ4n) is 4.96. The van der Waals surface area contributed by atoms with E-state index in [1.807, 2.05) is 0 Å². The van der Waals surface area contributed by atoms with Crippen LogP contribution < -0.4 is 10.6 Å². The van der Waals surface area contributed by atoms with Gasteiger partial charge < -0.3 is 20.6 Å². The minimum Gasteiger partial charge on any atom is -0.481 e. The number of rotatable bonds is 17. The molecule has 0 saturated carbocycles. The number of carboxylic acids is 1. The second-order valence-corrected chi connectivity index (χ2v) is 13.7.